The highest BCUT2D eigenvalue weighted by atomic mass is 16.5. The Balaban J connectivity index is 1.90. The number of amides is 2. The maximum atomic E-state index is 12.3. The first kappa shape index (κ1) is 19.5. The molecule has 0 saturated carbocycles. The van der Waals surface area contributed by atoms with Crippen LogP contribution >= 0.6 is 0 Å². The monoisotopic (exact) mass is 355 g/mol. The minimum Gasteiger partial charge on any atom is -0.494 e. The van der Waals surface area contributed by atoms with Crippen molar-refractivity contribution in [2.24, 2.45) is 5.73 Å². The van der Waals surface area contributed by atoms with Crippen LogP contribution in [0.2, 0.25) is 0 Å². The first-order valence-corrected chi connectivity index (χ1v) is 8.67. The third-order valence-electron chi connectivity index (χ3n) is 3.68. The van der Waals surface area contributed by atoms with Crippen molar-refractivity contribution >= 4 is 23.2 Å². The zero-order chi connectivity index (χ0) is 18.9. The summed E-state index contributed by atoms with van der Waals surface area (Å²) in [5.74, 6) is 0.451. The number of benzene rings is 2. The van der Waals surface area contributed by atoms with Gasteiger partial charge in [-0.25, -0.2) is 0 Å². The Morgan fingerprint density at radius 3 is 2.15 bits per heavy atom. The van der Waals surface area contributed by atoms with E-state index in [2.05, 4.69) is 10.6 Å². The van der Waals surface area contributed by atoms with Crippen LogP contribution in [0.1, 0.15) is 37.0 Å². The van der Waals surface area contributed by atoms with Crippen molar-refractivity contribution in [2.75, 3.05) is 17.2 Å². The summed E-state index contributed by atoms with van der Waals surface area (Å²) >= 11 is 0. The number of carbonyl (C=O) groups is 2. The molecule has 0 spiro atoms. The molecule has 6 nitrogen and oxygen atoms in total. The van der Waals surface area contributed by atoms with Crippen LogP contribution in [0.3, 0.4) is 0 Å². The maximum Gasteiger partial charge on any atom is 0.255 e. The summed E-state index contributed by atoms with van der Waals surface area (Å²) < 4.78 is 5.37. The summed E-state index contributed by atoms with van der Waals surface area (Å²) in [6.45, 7) is 4.38. The quantitative estimate of drug-likeness (QED) is 0.676. The van der Waals surface area contributed by atoms with E-state index in [1.807, 2.05) is 13.8 Å². The third-order valence-corrected chi connectivity index (χ3v) is 3.68. The molecule has 0 bridgehead atoms. The van der Waals surface area contributed by atoms with E-state index in [0.717, 1.165) is 5.75 Å². The van der Waals surface area contributed by atoms with Crippen molar-refractivity contribution in [1.29, 1.82) is 0 Å². The summed E-state index contributed by atoms with van der Waals surface area (Å²) in [5, 5.41) is 5.62. The van der Waals surface area contributed by atoms with Crippen LogP contribution in [0.4, 0.5) is 11.4 Å². The zero-order valence-corrected chi connectivity index (χ0v) is 15.1. The molecule has 0 radical (unpaired) electrons. The maximum absolute atomic E-state index is 12.3. The summed E-state index contributed by atoms with van der Waals surface area (Å²) in [7, 11) is 0. The van der Waals surface area contributed by atoms with E-state index in [0.29, 0.717) is 36.4 Å². The fourth-order valence-corrected chi connectivity index (χ4v) is 2.29. The van der Waals surface area contributed by atoms with Crippen molar-refractivity contribution in [3.05, 3.63) is 54.1 Å². The highest BCUT2D eigenvalue weighted by Crippen LogP contribution is 2.17. The molecule has 2 rings (SSSR count). The van der Waals surface area contributed by atoms with Gasteiger partial charge in [-0.3, -0.25) is 9.59 Å². The number of hydrogen-bond acceptors (Lipinski definition) is 4. The smallest absolute Gasteiger partial charge is 0.255 e. The van der Waals surface area contributed by atoms with Crippen molar-refractivity contribution < 1.29 is 14.3 Å². The van der Waals surface area contributed by atoms with Crippen molar-refractivity contribution in [3.8, 4) is 5.75 Å². The molecule has 0 heterocycles. The van der Waals surface area contributed by atoms with Crippen molar-refractivity contribution in [3.63, 3.8) is 0 Å². The molecule has 0 aliphatic carbocycles. The topological polar surface area (TPSA) is 93.5 Å². The van der Waals surface area contributed by atoms with Gasteiger partial charge in [-0.1, -0.05) is 0 Å². The van der Waals surface area contributed by atoms with E-state index >= 15 is 0 Å². The second kappa shape index (κ2) is 9.58. The lowest BCUT2D eigenvalue weighted by molar-refractivity contribution is -0.116. The number of hydrogen-bond donors (Lipinski definition) is 3. The third kappa shape index (κ3) is 6.22. The fourth-order valence-electron chi connectivity index (χ4n) is 2.29. The molecule has 0 aliphatic heterocycles. The molecule has 4 N–H and O–H groups in total. The molecule has 2 aromatic rings. The minimum absolute atomic E-state index is 0.00516. The fraction of sp³-hybridized carbons (Fsp3) is 0.300. The van der Waals surface area contributed by atoms with Gasteiger partial charge in [-0.05, 0) is 68.8 Å². The Hall–Kier alpha value is -2.86. The second-order valence-corrected chi connectivity index (χ2v) is 6.05. The number of anilines is 2. The molecule has 6 heteroatoms. The van der Waals surface area contributed by atoms with Crippen LogP contribution in [-0.4, -0.2) is 24.5 Å². The molecule has 0 aromatic heterocycles. The van der Waals surface area contributed by atoms with Crippen LogP contribution in [0.15, 0.2) is 48.5 Å². The van der Waals surface area contributed by atoms with Crippen LogP contribution in [-0.2, 0) is 4.79 Å². The van der Waals surface area contributed by atoms with Gasteiger partial charge < -0.3 is 21.1 Å². The largest absolute Gasteiger partial charge is 0.494 e. The number of rotatable bonds is 8. The number of ether oxygens (including phenoxy) is 1. The van der Waals surface area contributed by atoms with Gasteiger partial charge in [0.1, 0.15) is 5.75 Å². The summed E-state index contributed by atoms with van der Waals surface area (Å²) in [5.41, 5.74) is 7.49. The van der Waals surface area contributed by atoms with Crippen LogP contribution in [0.25, 0.3) is 0 Å². The lowest BCUT2D eigenvalue weighted by Crippen LogP contribution is -2.19. The number of carbonyl (C=O) groups excluding carboxylic acids is 2. The average molecular weight is 355 g/mol. The molecule has 1 unspecified atom stereocenters. The number of nitrogens with one attached hydrogen (secondary N) is 2. The number of nitrogens with two attached hydrogens (primary N) is 1. The highest BCUT2D eigenvalue weighted by molar-refractivity contribution is 6.04. The highest BCUT2D eigenvalue weighted by Gasteiger charge is 2.08. The molecule has 2 aromatic carbocycles. The van der Waals surface area contributed by atoms with Crippen LogP contribution in [0.5, 0.6) is 5.75 Å². The predicted octanol–water partition coefficient (Wildman–Crippen LogP) is 3.40. The van der Waals surface area contributed by atoms with Crippen molar-refractivity contribution in [2.45, 2.75) is 32.7 Å². The van der Waals surface area contributed by atoms with Gasteiger partial charge in [0.15, 0.2) is 0 Å². The van der Waals surface area contributed by atoms with E-state index in [4.69, 9.17) is 10.5 Å². The van der Waals surface area contributed by atoms with Gasteiger partial charge in [-0.15, -0.1) is 0 Å². The standard InChI is InChI=1S/C20H25N3O3/c1-3-26-18-11-9-17(10-12-18)23-20(25)15-5-7-16(8-6-15)22-19(24)13-4-14(2)21/h5-12,14H,3-4,13,21H2,1-2H3,(H,22,24)(H,23,25). The first-order chi connectivity index (χ1) is 12.5. The molecule has 26 heavy (non-hydrogen) atoms. The van der Waals surface area contributed by atoms with E-state index in [9.17, 15) is 9.59 Å². The van der Waals surface area contributed by atoms with E-state index in [1.165, 1.54) is 0 Å². The normalized spacial score (nSPS) is 11.5. The molecule has 0 saturated heterocycles. The molecule has 2 amide bonds. The lowest BCUT2D eigenvalue weighted by Gasteiger charge is -2.09. The summed E-state index contributed by atoms with van der Waals surface area (Å²) in [6.07, 6.45) is 1.01. The lowest BCUT2D eigenvalue weighted by atomic mass is 10.1. The second-order valence-electron chi connectivity index (χ2n) is 6.05. The average Bonchev–Trinajstić information content (AvgIpc) is 2.62. The van der Waals surface area contributed by atoms with Crippen LogP contribution in [0, 0.1) is 0 Å². The Kier molecular flexibility index (Phi) is 7.17. The molecule has 0 aliphatic rings. The van der Waals surface area contributed by atoms with E-state index < -0.39 is 0 Å². The van der Waals surface area contributed by atoms with Gasteiger partial charge in [0.25, 0.3) is 5.91 Å². The van der Waals surface area contributed by atoms with Gasteiger partial charge in [0, 0.05) is 29.4 Å². The summed E-state index contributed by atoms with van der Waals surface area (Å²) in [4.78, 5) is 24.1. The Morgan fingerprint density at radius 2 is 1.58 bits per heavy atom. The summed E-state index contributed by atoms with van der Waals surface area (Å²) in [6, 6.07) is 13.9. The van der Waals surface area contributed by atoms with Gasteiger partial charge in [-0.2, -0.15) is 0 Å². The zero-order valence-electron chi connectivity index (χ0n) is 15.1. The van der Waals surface area contributed by atoms with Gasteiger partial charge in [0.2, 0.25) is 5.91 Å². The molecule has 138 valence electrons. The Morgan fingerprint density at radius 1 is 1.00 bits per heavy atom. The van der Waals surface area contributed by atoms with Gasteiger partial charge >= 0.3 is 0 Å². The SMILES string of the molecule is CCOc1ccc(NC(=O)c2ccc(NC(=O)CCC(C)N)cc2)cc1. The first-order valence-electron chi connectivity index (χ1n) is 8.67. The van der Waals surface area contributed by atoms with Crippen LogP contribution < -0.4 is 21.1 Å². The molecule has 1 atom stereocenters. The Bertz CT molecular complexity index is 725. The predicted molar refractivity (Wildman–Crippen MR) is 104 cm³/mol. The minimum atomic E-state index is -0.219. The van der Waals surface area contributed by atoms with Crippen molar-refractivity contribution in [1.82, 2.24) is 0 Å². The molecular weight excluding hydrogens is 330 g/mol. The van der Waals surface area contributed by atoms with E-state index in [-0.39, 0.29) is 17.9 Å². The Labute approximate surface area is 153 Å². The molecular formula is C20H25N3O3. The molecule has 0 fully saturated rings. The van der Waals surface area contributed by atoms with E-state index in [1.54, 1.807) is 48.5 Å². The van der Waals surface area contributed by atoms with Gasteiger partial charge in [0.05, 0.1) is 6.61 Å².